The molecular formula is C32H43N5O6S. The van der Waals surface area contributed by atoms with E-state index in [1.54, 1.807) is 17.9 Å². The Labute approximate surface area is 262 Å². The summed E-state index contributed by atoms with van der Waals surface area (Å²) in [7, 11) is 1.27. The van der Waals surface area contributed by atoms with Crippen molar-refractivity contribution in [2.75, 3.05) is 20.2 Å². The van der Waals surface area contributed by atoms with E-state index in [1.807, 2.05) is 24.3 Å². The summed E-state index contributed by atoms with van der Waals surface area (Å²) in [5.41, 5.74) is 0.838. The number of aromatic amines is 1. The third-order valence-electron chi connectivity index (χ3n) is 9.52. The van der Waals surface area contributed by atoms with E-state index < -0.39 is 28.7 Å². The zero-order valence-corrected chi connectivity index (χ0v) is 26.3. The highest BCUT2D eigenvalue weighted by Crippen LogP contribution is 2.37. The lowest BCUT2D eigenvalue weighted by Crippen LogP contribution is -2.51. The second kappa shape index (κ2) is 14.0. The van der Waals surface area contributed by atoms with Gasteiger partial charge in [0.1, 0.15) is 17.0 Å². The van der Waals surface area contributed by atoms with E-state index in [0.717, 1.165) is 48.5 Å². The second-order valence-corrected chi connectivity index (χ2v) is 13.6. The summed E-state index contributed by atoms with van der Waals surface area (Å²) in [5, 5.41) is 6.30. The summed E-state index contributed by atoms with van der Waals surface area (Å²) >= 11 is 1.07. The highest BCUT2D eigenvalue weighted by molar-refractivity contribution is 7.99. The monoisotopic (exact) mass is 625 g/mol. The fourth-order valence-corrected chi connectivity index (χ4v) is 7.87. The summed E-state index contributed by atoms with van der Waals surface area (Å²) in [6, 6.07) is 8.38. The molecule has 3 heterocycles. The minimum absolute atomic E-state index is 0.0207. The maximum Gasteiger partial charge on any atom is 0.328 e. The van der Waals surface area contributed by atoms with Gasteiger partial charge in [0, 0.05) is 42.4 Å². The highest BCUT2D eigenvalue weighted by atomic mass is 32.2. The van der Waals surface area contributed by atoms with Crippen LogP contribution >= 0.6 is 11.9 Å². The molecule has 2 saturated heterocycles. The fraction of sp³-hybridized carbons (Fsp3) is 0.594. The number of rotatable bonds is 10. The SMILES string of the molecule is COC(=O)C(CC1CC2(CCN(C(C)=O)CC2)NC1=O)NC(=O)[C@H](CC1CCCCC1)SNC(=O)c1cc2ccccc2[nH]1. The number of ether oxygens (including phenoxy) is 1. The number of carbonyl (C=O) groups excluding carboxylic acids is 5. The smallest absolute Gasteiger partial charge is 0.328 e. The first kappa shape index (κ1) is 31.9. The van der Waals surface area contributed by atoms with E-state index in [1.165, 1.54) is 13.5 Å². The molecule has 0 radical (unpaired) electrons. The topological polar surface area (TPSA) is 150 Å². The number of hydrogen-bond donors (Lipinski definition) is 4. The van der Waals surface area contributed by atoms with Gasteiger partial charge in [0.2, 0.25) is 17.7 Å². The largest absolute Gasteiger partial charge is 0.467 e. The van der Waals surface area contributed by atoms with Crippen molar-refractivity contribution in [3.8, 4) is 0 Å². The van der Waals surface area contributed by atoms with Crippen LogP contribution in [0.4, 0.5) is 0 Å². The predicted molar refractivity (Wildman–Crippen MR) is 167 cm³/mol. The molecule has 12 heteroatoms. The standard InChI is InChI=1S/C32H43N5O6S/c1-20(38)37-14-12-32(13-15-37)19-23(28(39)35-32)18-26(31(42)43-2)34-30(41)27(16-21-8-4-3-5-9-21)44-36-29(40)25-17-22-10-6-7-11-24(22)33-25/h6-7,10-11,17,21,23,26-27,33H,3-5,8-9,12-16,18-19H2,1-2H3,(H,34,41)(H,35,39)(H,36,40)/t23?,26?,27-/m0/s1. The van der Waals surface area contributed by atoms with Crippen LogP contribution in [0, 0.1) is 11.8 Å². The van der Waals surface area contributed by atoms with E-state index >= 15 is 0 Å². The number of esters is 1. The van der Waals surface area contributed by atoms with Gasteiger partial charge < -0.3 is 25.3 Å². The summed E-state index contributed by atoms with van der Waals surface area (Å²) in [4.78, 5) is 69.4. The van der Waals surface area contributed by atoms with Gasteiger partial charge in [-0.25, -0.2) is 4.79 Å². The van der Waals surface area contributed by atoms with Gasteiger partial charge in [0.25, 0.3) is 5.91 Å². The van der Waals surface area contributed by atoms with Crippen molar-refractivity contribution in [3.63, 3.8) is 0 Å². The van der Waals surface area contributed by atoms with Crippen LogP contribution in [0.1, 0.15) is 81.6 Å². The van der Waals surface area contributed by atoms with Gasteiger partial charge in [0.15, 0.2) is 0 Å². The van der Waals surface area contributed by atoms with Crippen LogP contribution in [-0.2, 0) is 23.9 Å². The first-order valence-corrected chi connectivity index (χ1v) is 16.5. The lowest BCUT2D eigenvalue weighted by atomic mass is 9.82. The van der Waals surface area contributed by atoms with Gasteiger partial charge in [-0.05, 0) is 62.1 Å². The molecule has 1 aliphatic carbocycles. The number of nitrogens with zero attached hydrogens (tertiary/aromatic N) is 1. The van der Waals surface area contributed by atoms with Crippen molar-refractivity contribution in [1.82, 2.24) is 25.2 Å². The molecule has 1 spiro atoms. The molecule has 238 valence electrons. The van der Waals surface area contributed by atoms with Crippen molar-refractivity contribution in [2.24, 2.45) is 11.8 Å². The third kappa shape index (κ3) is 7.57. The molecule has 1 saturated carbocycles. The number of fused-ring (bicyclic) bond motifs is 1. The number of H-pyrrole nitrogens is 1. The van der Waals surface area contributed by atoms with Crippen LogP contribution in [-0.4, -0.2) is 76.5 Å². The Morgan fingerprint density at radius 1 is 1.09 bits per heavy atom. The molecule has 1 aromatic carbocycles. The summed E-state index contributed by atoms with van der Waals surface area (Å²) in [5.74, 6) is -1.57. The minimum Gasteiger partial charge on any atom is -0.467 e. The molecule has 2 unspecified atom stereocenters. The van der Waals surface area contributed by atoms with Gasteiger partial charge >= 0.3 is 5.97 Å². The maximum atomic E-state index is 13.8. The predicted octanol–water partition coefficient (Wildman–Crippen LogP) is 3.45. The molecule has 4 N–H and O–H groups in total. The van der Waals surface area contributed by atoms with Crippen molar-refractivity contribution in [3.05, 3.63) is 36.0 Å². The van der Waals surface area contributed by atoms with E-state index in [2.05, 4.69) is 20.3 Å². The summed E-state index contributed by atoms with van der Waals surface area (Å²) in [6.45, 7) is 2.69. The number of piperidine rings is 1. The quantitative estimate of drug-likeness (QED) is 0.233. The number of carbonyl (C=O) groups is 5. The third-order valence-corrected chi connectivity index (χ3v) is 10.5. The Bertz CT molecular complexity index is 1350. The molecule has 2 aliphatic heterocycles. The van der Waals surface area contributed by atoms with Crippen LogP contribution in [0.3, 0.4) is 0 Å². The zero-order chi connectivity index (χ0) is 31.3. The number of nitrogens with one attached hydrogen (secondary N) is 4. The number of hydrogen-bond acceptors (Lipinski definition) is 7. The number of benzene rings is 1. The molecule has 4 amide bonds. The first-order chi connectivity index (χ1) is 21.2. The maximum absolute atomic E-state index is 13.8. The first-order valence-electron chi connectivity index (χ1n) is 15.7. The molecule has 44 heavy (non-hydrogen) atoms. The second-order valence-electron chi connectivity index (χ2n) is 12.5. The highest BCUT2D eigenvalue weighted by Gasteiger charge is 2.47. The Morgan fingerprint density at radius 3 is 2.50 bits per heavy atom. The zero-order valence-electron chi connectivity index (χ0n) is 25.5. The minimum atomic E-state index is -1.01. The molecule has 2 aromatic rings. The van der Waals surface area contributed by atoms with Crippen molar-refractivity contribution < 1.29 is 28.7 Å². The molecule has 11 nitrogen and oxygen atoms in total. The Hall–Kier alpha value is -3.54. The molecular weight excluding hydrogens is 582 g/mol. The molecule has 5 rings (SSSR count). The van der Waals surface area contributed by atoms with Crippen LogP contribution in [0.25, 0.3) is 10.9 Å². The van der Waals surface area contributed by atoms with Gasteiger partial charge in [-0.2, -0.15) is 0 Å². The van der Waals surface area contributed by atoms with Crippen molar-refractivity contribution >= 4 is 52.4 Å². The molecule has 3 fully saturated rings. The van der Waals surface area contributed by atoms with Crippen molar-refractivity contribution in [2.45, 2.75) is 88.0 Å². The fourth-order valence-electron chi connectivity index (χ4n) is 6.96. The van der Waals surface area contributed by atoms with E-state index in [-0.39, 0.29) is 30.0 Å². The summed E-state index contributed by atoms with van der Waals surface area (Å²) < 4.78 is 7.90. The van der Waals surface area contributed by atoms with Crippen LogP contribution in [0.15, 0.2) is 30.3 Å². The van der Waals surface area contributed by atoms with Gasteiger partial charge in [-0.15, -0.1) is 0 Å². The van der Waals surface area contributed by atoms with Crippen LogP contribution in [0.5, 0.6) is 0 Å². The van der Waals surface area contributed by atoms with Gasteiger partial charge in [0.05, 0.1) is 7.11 Å². The number of amides is 4. The van der Waals surface area contributed by atoms with Crippen LogP contribution < -0.4 is 15.4 Å². The van der Waals surface area contributed by atoms with Gasteiger partial charge in [-0.1, -0.05) is 50.3 Å². The number of para-hydroxylation sites is 1. The number of methoxy groups -OCH3 is 1. The number of likely N-dealkylation sites (tertiary alicyclic amines) is 1. The molecule has 1 aromatic heterocycles. The Kier molecular flexibility index (Phi) is 10.2. The Morgan fingerprint density at radius 2 is 1.82 bits per heavy atom. The average Bonchev–Trinajstić information content (AvgIpc) is 3.59. The lowest BCUT2D eigenvalue weighted by molar-refractivity contribution is -0.145. The average molecular weight is 626 g/mol. The van der Waals surface area contributed by atoms with E-state index in [0.29, 0.717) is 50.4 Å². The molecule has 3 aliphatic rings. The Balaban J connectivity index is 1.24. The normalized spacial score (nSPS) is 21.5. The van der Waals surface area contributed by atoms with E-state index in [9.17, 15) is 24.0 Å². The van der Waals surface area contributed by atoms with Crippen molar-refractivity contribution in [1.29, 1.82) is 0 Å². The summed E-state index contributed by atoms with van der Waals surface area (Å²) in [6.07, 6.45) is 7.96. The van der Waals surface area contributed by atoms with E-state index in [4.69, 9.17) is 4.74 Å². The van der Waals surface area contributed by atoms with Crippen LogP contribution in [0.2, 0.25) is 0 Å². The molecule has 0 bridgehead atoms. The lowest BCUT2D eigenvalue weighted by Gasteiger charge is -2.39. The molecule has 3 atom stereocenters. The van der Waals surface area contributed by atoms with Gasteiger partial charge in [-0.3, -0.25) is 23.9 Å². The number of aromatic nitrogens is 1.